The number of hydrogen-bond donors (Lipinski definition) is 2. The number of Topliss-reactive ketones (excluding diaryl/α,β-unsaturated/α-hetero) is 2. The number of phenolic OH excluding ortho intramolecular Hbond substituents is 2. The van der Waals surface area contributed by atoms with Crippen molar-refractivity contribution >= 4 is 11.6 Å². The number of aryl methyl sites for hydroxylation is 2. The van der Waals surface area contributed by atoms with Gasteiger partial charge in [0.05, 0.1) is 11.1 Å². The number of unbranched alkanes of at least 4 members (excludes halogenated alkanes) is 13. The fourth-order valence-corrected chi connectivity index (χ4v) is 4.73. The number of benzene rings is 2. The molecule has 0 aliphatic heterocycles. The highest BCUT2D eigenvalue weighted by molar-refractivity contribution is 5.99. The van der Waals surface area contributed by atoms with E-state index in [2.05, 4.69) is 0 Å². The Balaban J connectivity index is 1.36. The molecule has 36 heavy (non-hydrogen) atoms. The maximum Gasteiger partial charge on any atom is 0.166 e. The predicted octanol–water partition coefficient (Wildman–Crippen LogP) is 9.02. The minimum Gasteiger partial charge on any atom is -0.507 e. The third-order valence-electron chi connectivity index (χ3n) is 7.13. The zero-order valence-electron chi connectivity index (χ0n) is 22.5. The second-order valence-corrected chi connectivity index (χ2v) is 10.2. The Labute approximate surface area is 218 Å². The van der Waals surface area contributed by atoms with Crippen LogP contribution in [0.2, 0.25) is 0 Å². The van der Waals surface area contributed by atoms with Crippen LogP contribution >= 0.6 is 0 Å². The smallest absolute Gasteiger partial charge is 0.166 e. The van der Waals surface area contributed by atoms with Crippen LogP contribution in [0.3, 0.4) is 0 Å². The van der Waals surface area contributed by atoms with Gasteiger partial charge in [0, 0.05) is 12.8 Å². The molecule has 0 aliphatic carbocycles. The minimum atomic E-state index is 0.0484. The molecule has 0 saturated carbocycles. The van der Waals surface area contributed by atoms with E-state index in [-0.39, 0.29) is 23.1 Å². The number of rotatable bonds is 19. The summed E-state index contributed by atoms with van der Waals surface area (Å²) in [6, 6.07) is 10.7. The van der Waals surface area contributed by atoms with Gasteiger partial charge in [0.1, 0.15) is 11.5 Å². The molecule has 0 aliphatic rings. The van der Waals surface area contributed by atoms with Gasteiger partial charge in [-0.2, -0.15) is 0 Å². The van der Waals surface area contributed by atoms with E-state index < -0.39 is 0 Å². The molecule has 4 heteroatoms. The summed E-state index contributed by atoms with van der Waals surface area (Å²) in [6.07, 6.45) is 17.6. The zero-order chi connectivity index (χ0) is 26.2. The van der Waals surface area contributed by atoms with Crippen LogP contribution in [0.1, 0.15) is 135 Å². The molecular formula is C32H46O4. The topological polar surface area (TPSA) is 74.6 Å². The monoisotopic (exact) mass is 494 g/mol. The van der Waals surface area contributed by atoms with Crippen LogP contribution in [0.25, 0.3) is 0 Å². The number of carbonyl (C=O) groups excluding carboxylic acids is 2. The van der Waals surface area contributed by atoms with E-state index in [4.69, 9.17) is 0 Å². The third-order valence-corrected chi connectivity index (χ3v) is 7.13. The van der Waals surface area contributed by atoms with Crippen LogP contribution in [0.4, 0.5) is 0 Å². The van der Waals surface area contributed by atoms with E-state index in [1.165, 1.54) is 64.2 Å². The molecule has 0 heterocycles. The predicted molar refractivity (Wildman–Crippen MR) is 148 cm³/mol. The molecule has 2 aromatic rings. The van der Waals surface area contributed by atoms with Crippen LogP contribution in [-0.2, 0) is 0 Å². The molecule has 0 saturated heterocycles. The second kappa shape index (κ2) is 16.9. The standard InChI is InChI=1S/C32H46O4/c1-25-19-17-21-27(31(25)35)29(33)23-15-13-11-9-7-5-3-4-6-8-10-12-14-16-24-30(34)28-22-18-20-26(2)32(28)36/h17-22,35-36H,3-16,23-24H2,1-2H3. The van der Waals surface area contributed by atoms with E-state index in [1.54, 1.807) is 12.1 Å². The molecule has 0 fully saturated rings. The molecule has 2 aromatic carbocycles. The van der Waals surface area contributed by atoms with Crippen LogP contribution in [-0.4, -0.2) is 21.8 Å². The van der Waals surface area contributed by atoms with Crippen LogP contribution in [0.15, 0.2) is 36.4 Å². The highest BCUT2D eigenvalue weighted by atomic mass is 16.3. The highest BCUT2D eigenvalue weighted by Crippen LogP contribution is 2.25. The molecule has 2 rings (SSSR count). The number of ketones is 2. The van der Waals surface area contributed by atoms with Crippen molar-refractivity contribution in [2.24, 2.45) is 0 Å². The first kappa shape index (κ1) is 29.6. The maximum atomic E-state index is 12.3. The summed E-state index contributed by atoms with van der Waals surface area (Å²) in [4.78, 5) is 24.5. The summed E-state index contributed by atoms with van der Waals surface area (Å²) in [5, 5.41) is 20.0. The fraction of sp³-hybridized carbons (Fsp3) is 0.562. The summed E-state index contributed by atoms with van der Waals surface area (Å²) >= 11 is 0. The number of aromatic hydroxyl groups is 2. The lowest BCUT2D eigenvalue weighted by molar-refractivity contribution is 0.0968. The first-order valence-corrected chi connectivity index (χ1v) is 14.1. The maximum absolute atomic E-state index is 12.3. The van der Waals surface area contributed by atoms with Crippen molar-refractivity contribution in [2.75, 3.05) is 0 Å². The van der Waals surface area contributed by atoms with Gasteiger partial charge in [-0.3, -0.25) is 9.59 Å². The number of carbonyl (C=O) groups is 2. The Morgan fingerprint density at radius 2 is 0.778 bits per heavy atom. The van der Waals surface area contributed by atoms with E-state index >= 15 is 0 Å². The summed E-state index contributed by atoms with van der Waals surface area (Å²) in [6.45, 7) is 3.64. The molecule has 0 amide bonds. The lowest BCUT2D eigenvalue weighted by Gasteiger charge is -2.06. The fourth-order valence-electron chi connectivity index (χ4n) is 4.73. The summed E-state index contributed by atoms with van der Waals surface area (Å²) in [5.41, 5.74) is 2.44. The van der Waals surface area contributed by atoms with Crippen molar-refractivity contribution in [1.29, 1.82) is 0 Å². The van der Waals surface area contributed by atoms with Gasteiger partial charge in [-0.25, -0.2) is 0 Å². The largest absolute Gasteiger partial charge is 0.507 e. The lowest BCUT2D eigenvalue weighted by atomic mass is 10.00. The Kier molecular flexibility index (Phi) is 13.9. The van der Waals surface area contributed by atoms with Gasteiger partial charge in [0.25, 0.3) is 0 Å². The Bertz CT molecular complexity index is 870. The number of phenols is 2. The van der Waals surface area contributed by atoms with Crippen molar-refractivity contribution in [2.45, 2.75) is 117 Å². The van der Waals surface area contributed by atoms with E-state index in [9.17, 15) is 19.8 Å². The van der Waals surface area contributed by atoms with Gasteiger partial charge in [-0.15, -0.1) is 0 Å². The average molecular weight is 495 g/mol. The lowest BCUT2D eigenvalue weighted by Crippen LogP contribution is -2.00. The molecule has 0 unspecified atom stereocenters. The molecule has 2 N–H and O–H groups in total. The van der Waals surface area contributed by atoms with E-state index in [1.807, 2.05) is 38.1 Å². The second-order valence-electron chi connectivity index (χ2n) is 10.2. The number of hydrogen-bond acceptors (Lipinski definition) is 4. The molecule has 4 nitrogen and oxygen atoms in total. The quantitative estimate of drug-likeness (QED) is 0.151. The summed E-state index contributed by atoms with van der Waals surface area (Å²) in [7, 11) is 0. The normalized spacial score (nSPS) is 11.1. The van der Waals surface area contributed by atoms with Crippen LogP contribution in [0.5, 0.6) is 11.5 Å². The van der Waals surface area contributed by atoms with Gasteiger partial charge in [0.15, 0.2) is 11.6 Å². The first-order chi connectivity index (χ1) is 17.4. The Morgan fingerprint density at radius 1 is 0.500 bits per heavy atom. The summed E-state index contributed by atoms with van der Waals surface area (Å²) < 4.78 is 0. The molecular weight excluding hydrogens is 448 g/mol. The Morgan fingerprint density at radius 3 is 1.08 bits per heavy atom. The summed E-state index contributed by atoms with van der Waals surface area (Å²) in [5.74, 6) is 0.365. The highest BCUT2D eigenvalue weighted by Gasteiger charge is 2.13. The van der Waals surface area contributed by atoms with Crippen molar-refractivity contribution in [3.63, 3.8) is 0 Å². The molecule has 0 radical (unpaired) electrons. The van der Waals surface area contributed by atoms with Gasteiger partial charge in [-0.1, -0.05) is 101 Å². The molecule has 0 bridgehead atoms. The molecule has 0 atom stereocenters. The molecule has 0 spiro atoms. The van der Waals surface area contributed by atoms with Crippen LogP contribution < -0.4 is 0 Å². The van der Waals surface area contributed by atoms with Crippen molar-refractivity contribution in [3.05, 3.63) is 58.7 Å². The van der Waals surface area contributed by atoms with Crippen LogP contribution in [0, 0.1) is 13.8 Å². The van der Waals surface area contributed by atoms with Gasteiger partial charge in [-0.05, 0) is 49.9 Å². The van der Waals surface area contributed by atoms with Gasteiger partial charge >= 0.3 is 0 Å². The Hall–Kier alpha value is -2.62. The van der Waals surface area contributed by atoms with Gasteiger partial charge < -0.3 is 10.2 Å². The third kappa shape index (κ3) is 10.6. The molecule has 0 aromatic heterocycles. The SMILES string of the molecule is Cc1cccc(C(=O)CCCCCCCCCCCCCCCCC(=O)c2cccc(C)c2O)c1O. The van der Waals surface area contributed by atoms with Crippen molar-refractivity contribution < 1.29 is 19.8 Å². The average Bonchev–Trinajstić information content (AvgIpc) is 2.86. The van der Waals surface area contributed by atoms with E-state index in [0.717, 1.165) is 36.8 Å². The molecule has 198 valence electrons. The van der Waals surface area contributed by atoms with E-state index in [0.29, 0.717) is 24.0 Å². The van der Waals surface area contributed by atoms with Crippen molar-refractivity contribution in [1.82, 2.24) is 0 Å². The first-order valence-electron chi connectivity index (χ1n) is 14.1. The zero-order valence-corrected chi connectivity index (χ0v) is 22.5. The number of para-hydroxylation sites is 2. The van der Waals surface area contributed by atoms with Gasteiger partial charge in [0.2, 0.25) is 0 Å². The minimum absolute atomic E-state index is 0.0484. The van der Waals surface area contributed by atoms with Crippen molar-refractivity contribution in [3.8, 4) is 11.5 Å².